The quantitative estimate of drug-likeness (QED) is 0.0706. The van der Waals surface area contributed by atoms with Crippen molar-refractivity contribution in [1.29, 1.82) is 0 Å². The summed E-state index contributed by atoms with van der Waals surface area (Å²) in [6, 6.07) is 0. The molecular formula is C34H42F3N13O15. The van der Waals surface area contributed by atoms with E-state index in [-0.39, 0.29) is 30.0 Å². The predicted molar refractivity (Wildman–Crippen MR) is 208 cm³/mol. The molecule has 9 heterocycles. The van der Waals surface area contributed by atoms with Crippen molar-refractivity contribution in [1.82, 2.24) is 53.9 Å². The van der Waals surface area contributed by atoms with Crippen LogP contribution in [0.4, 0.5) is 24.8 Å². The Labute approximate surface area is 358 Å². The highest BCUT2D eigenvalue weighted by molar-refractivity contribution is 5.81. The number of aromatic amines is 3. The molecule has 3 fully saturated rings. The van der Waals surface area contributed by atoms with Gasteiger partial charge in [-0.25, -0.2) is 24.5 Å². The number of nitrogens with two attached hydrogens (primary N) is 1. The number of H-pyrrole nitrogens is 3. The first kappa shape index (κ1) is 48.2. The van der Waals surface area contributed by atoms with Crippen LogP contribution in [0.5, 0.6) is 0 Å². The van der Waals surface area contributed by atoms with Crippen LogP contribution in [-0.4, -0.2) is 165 Å². The average Bonchev–Trinajstić information content (AvgIpc) is 4.09. The highest BCUT2D eigenvalue weighted by Crippen LogP contribution is 2.36. The molecule has 9 rings (SSSR count). The van der Waals surface area contributed by atoms with Crippen LogP contribution in [0.15, 0.2) is 49.2 Å². The molecule has 0 amide bonds. The number of aliphatic hydroxyl groups is 8. The molecule has 4 aliphatic rings. The fraction of sp³-hybridized carbons (Fsp3) is 0.500. The number of rotatable bonds is 6. The first-order valence-corrected chi connectivity index (χ1v) is 19.1. The van der Waals surface area contributed by atoms with Crippen LogP contribution in [0.25, 0.3) is 11.2 Å². The lowest BCUT2D eigenvalue weighted by Crippen LogP contribution is -2.34. The monoisotopic (exact) mass is 929 g/mol. The van der Waals surface area contributed by atoms with Gasteiger partial charge < -0.3 is 71.1 Å². The van der Waals surface area contributed by atoms with E-state index in [2.05, 4.69) is 30.2 Å². The number of aliphatic hydroxyl groups excluding tert-OH is 8. The molecule has 0 saturated carbocycles. The summed E-state index contributed by atoms with van der Waals surface area (Å²) in [6.45, 7) is -0.756. The zero-order valence-corrected chi connectivity index (χ0v) is 33.2. The molecule has 0 spiro atoms. The van der Waals surface area contributed by atoms with E-state index in [4.69, 9.17) is 35.3 Å². The third-order valence-electron chi connectivity index (χ3n) is 10.00. The summed E-state index contributed by atoms with van der Waals surface area (Å²) in [4.78, 5) is 67.2. The van der Waals surface area contributed by atoms with Gasteiger partial charge in [0.25, 0.3) is 11.1 Å². The summed E-state index contributed by atoms with van der Waals surface area (Å²) >= 11 is 0. The van der Waals surface area contributed by atoms with Crippen LogP contribution in [-0.2, 0) is 14.2 Å². The number of hydrogen-bond acceptors (Lipinski definition) is 22. The molecule has 14 N–H and O–H groups in total. The van der Waals surface area contributed by atoms with Gasteiger partial charge in [0, 0.05) is 25.6 Å². The van der Waals surface area contributed by atoms with Crippen LogP contribution in [0.2, 0.25) is 0 Å². The standard InChI is InChI=1S/C11H16N4O4.C10H12FN5O4.C9H11FN2O5.C4H3FN2O2/c16-3-8-6(17)1-9(19-8)15-5-14-10-7(18)2-12-4-13-11(10)15;11-10-14-7(12)4-8(15-10)16(2-13-4)9-6(19)5(18)3(1-17)20-9;10-4-2-12(9(16)11-8(4)15)7-1-5(14)6(3-13)17-7;5-2-1-6-4(9)7-3(2)8/h4-9,16-18H,1-3H2,(H,12,13);2-3,5-6,9,17-19H,1H2,(H2,12,14,15);2,5-7,13-14H,1,3H2,(H,11,15,16);1H,(H2,6,7,8,9)/t6-,7+,8+,9+;3-,5-,6+,9-;5-,6+,7+;/m010./s1. The van der Waals surface area contributed by atoms with Gasteiger partial charge in [0.05, 0.1) is 57.2 Å². The Bertz CT molecular complexity index is 2690. The van der Waals surface area contributed by atoms with E-state index in [1.807, 2.05) is 4.98 Å². The van der Waals surface area contributed by atoms with E-state index in [0.717, 1.165) is 10.8 Å². The van der Waals surface area contributed by atoms with Gasteiger partial charge in [0.15, 0.2) is 29.0 Å². The zero-order chi connectivity index (χ0) is 47.3. The average molecular weight is 930 g/mol. The number of aromatic nitrogens is 10. The van der Waals surface area contributed by atoms with E-state index < -0.39 is 121 Å². The number of fused-ring (bicyclic) bond motifs is 2. The lowest BCUT2D eigenvalue weighted by Gasteiger charge is -2.16. The van der Waals surface area contributed by atoms with E-state index >= 15 is 0 Å². The molecule has 5 aromatic rings. The first-order valence-electron chi connectivity index (χ1n) is 19.1. The van der Waals surface area contributed by atoms with Gasteiger partial charge in [0.2, 0.25) is 11.6 Å². The number of ether oxygens (including phenoxy) is 3. The summed E-state index contributed by atoms with van der Waals surface area (Å²) in [5.41, 5.74) is 2.55. The lowest BCUT2D eigenvalue weighted by atomic mass is 10.1. The summed E-state index contributed by atoms with van der Waals surface area (Å²) in [6.07, 6.45) is -4.67. The Morgan fingerprint density at radius 1 is 0.754 bits per heavy atom. The number of anilines is 1. The van der Waals surface area contributed by atoms with Gasteiger partial charge in [0.1, 0.15) is 54.8 Å². The van der Waals surface area contributed by atoms with Crippen molar-refractivity contribution in [3.8, 4) is 0 Å². The minimum absolute atomic E-state index is 0.0323. The molecule has 4 aliphatic heterocycles. The molecule has 0 aromatic carbocycles. The molecule has 5 aromatic heterocycles. The number of imidazole rings is 2. The third kappa shape index (κ3) is 10.7. The van der Waals surface area contributed by atoms with E-state index in [0.29, 0.717) is 30.7 Å². The van der Waals surface area contributed by atoms with E-state index in [1.165, 1.54) is 23.6 Å². The predicted octanol–water partition coefficient (Wildman–Crippen LogP) is -5.50. The molecule has 354 valence electrons. The van der Waals surface area contributed by atoms with Crippen molar-refractivity contribution in [3.63, 3.8) is 0 Å². The van der Waals surface area contributed by atoms with Gasteiger partial charge in [-0.2, -0.15) is 23.1 Å². The Hall–Kier alpha value is -6.26. The van der Waals surface area contributed by atoms with Crippen molar-refractivity contribution in [2.24, 2.45) is 4.99 Å². The maximum atomic E-state index is 13.2. The zero-order valence-electron chi connectivity index (χ0n) is 33.2. The molecule has 65 heavy (non-hydrogen) atoms. The lowest BCUT2D eigenvalue weighted by molar-refractivity contribution is -0.0511. The Kier molecular flexibility index (Phi) is 15.4. The van der Waals surface area contributed by atoms with Crippen LogP contribution >= 0.6 is 0 Å². The SMILES string of the molecule is Nc1nc(F)nc2c1ncn2[C@@H]1O[C@H](CO)[C@@H](O)[C@@H]1O.O=c1[nH]c(=O)n([C@H]2C[C@H](O)[C@@H](CO)O2)cc1F.O=c1[nH]cc(F)c(=O)[nH]1.OC[C@H]1O[C@@H](n2cnc3c2N=CNC[C@H]3O)C[C@@H]1O. The number of nitrogens with zero attached hydrogens (tertiary/aromatic N) is 8. The number of aliphatic imine (C=N–C) groups is 1. The summed E-state index contributed by atoms with van der Waals surface area (Å²) < 4.78 is 58.0. The summed E-state index contributed by atoms with van der Waals surface area (Å²) in [5.74, 6) is -1.74. The summed E-state index contributed by atoms with van der Waals surface area (Å²) in [7, 11) is 0. The van der Waals surface area contributed by atoms with Gasteiger partial charge in [-0.15, -0.1) is 0 Å². The van der Waals surface area contributed by atoms with Crippen molar-refractivity contribution in [3.05, 3.63) is 90.1 Å². The molecule has 0 unspecified atom stereocenters. The topological polar surface area (TPSA) is 422 Å². The normalized spacial score (nSPS) is 28.0. The third-order valence-corrected chi connectivity index (χ3v) is 10.00. The number of halogens is 3. The fourth-order valence-electron chi connectivity index (χ4n) is 6.69. The van der Waals surface area contributed by atoms with E-state index in [9.17, 15) is 57.9 Å². The van der Waals surface area contributed by atoms with Crippen molar-refractivity contribution < 1.29 is 68.2 Å². The van der Waals surface area contributed by atoms with Crippen LogP contribution in [0.1, 0.15) is 43.3 Å². The van der Waals surface area contributed by atoms with Gasteiger partial charge in [-0.05, 0) is 0 Å². The maximum absolute atomic E-state index is 13.2. The highest BCUT2D eigenvalue weighted by atomic mass is 19.1. The second kappa shape index (κ2) is 20.7. The second-order valence-corrected chi connectivity index (χ2v) is 14.3. The number of β-amino-alcohol motifs (C(OH)–C–C–N with tert-alkyl or cyclic N) is 1. The Balaban J connectivity index is 0.000000148. The molecule has 0 aliphatic carbocycles. The Morgan fingerprint density at radius 3 is 1.95 bits per heavy atom. The smallest absolute Gasteiger partial charge is 0.330 e. The number of nitrogen functional groups attached to an aromatic ring is 1. The molecule has 0 radical (unpaired) electrons. The van der Waals surface area contributed by atoms with Crippen LogP contribution in [0, 0.1) is 17.7 Å². The Morgan fingerprint density at radius 2 is 1.37 bits per heavy atom. The minimum atomic E-state index is -1.32. The van der Waals surface area contributed by atoms with Crippen LogP contribution in [0.3, 0.4) is 0 Å². The van der Waals surface area contributed by atoms with Gasteiger partial charge in [-0.1, -0.05) is 0 Å². The number of nitrogens with one attached hydrogen (secondary N) is 4. The number of hydrogen-bond donors (Lipinski definition) is 13. The minimum Gasteiger partial charge on any atom is -0.394 e. The van der Waals surface area contributed by atoms with Crippen molar-refractivity contribution >= 4 is 29.1 Å². The first-order chi connectivity index (χ1) is 30.9. The molecule has 31 heteroatoms. The highest BCUT2D eigenvalue weighted by Gasteiger charge is 2.44. The maximum Gasteiger partial charge on any atom is 0.330 e. The van der Waals surface area contributed by atoms with Crippen molar-refractivity contribution in [2.45, 2.75) is 80.4 Å². The molecular weight excluding hydrogens is 887 g/mol. The van der Waals surface area contributed by atoms with Crippen molar-refractivity contribution in [2.75, 3.05) is 32.1 Å². The summed E-state index contributed by atoms with van der Waals surface area (Å²) in [5, 5.41) is 78.6. The fourth-order valence-corrected chi connectivity index (χ4v) is 6.69. The molecule has 11 atom stereocenters. The molecule has 3 saturated heterocycles. The van der Waals surface area contributed by atoms with E-state index in [1.54, 1.807) is 14.5 Å². The largest absolute Gasteiger partial charge is 0.394 e. The van der Waals surface area contributed by atoms with Crippen LogP contribution < -0.4 is 33.5 Å². The molecule has 0 bridgehead atoms. The molecule has 28 nitrogen and oxygen atoms in total. The second-order valence-electron chi connectivity index (χ2n) is 14.3. The van der Waals surface area contributed by atoms with Gasteiger partial charge in [-0.3, -0.25) is 33.3 Å². The van der Waals surface area contributed by atoms with Gasteiger partial charge >= 0.3 is 17.5 Å².